The van der Waals surface area contributed by atoms with Crippen LogP contribution in [0.3, 0.4) is 0 Å². The Morgan fingerprint density at radius 2 is 1.71 bits per heavy atom. The molecule has 3 aromatic carbocycles. The Morgan fingerprint density at radius 3 is 2.49 bits per heavy atom. The molecule has 35 heavy (non-hydrogen) atoms. The minimum absolute atomic E-state index is 0.00702. The Labute approximate surface area is 213 Å². The van der Waals surface area contributed by atoms with Crippen molar-refractivity contribution in [2.75, 3.05) is 13.1 Å². The van der Waals surface area contributed by atoms with E-state index in [4.69, 9.17) is 16.6 Å². The van der Waals surface area contributed by atoms with Crippen LogP contribution in [0, 0.1) is 0 Å². The molecule has 1 saturated heterocycles. The molecule has 0 spiro atoms. The molecule has 1 aliphatic heterocycles. The van der Waals surface area contributed by atoms with Crippen molar-refractivity contribution < 1.29 is 4.79 Å². The number of rotatable bonds is 7. The van der Waals surface area contributed by atoms with Gasteiger partial charge in [0.25, 0.3) is 11.5 Å². The summed E-state index contributed by atoms with van der Waals surface area (Å²) in [7, 11) is 0. The number of carbonyl (C=O) groups excluding carboxylic acids is 1. The second-order valence-electron chi connectivity index (χ2n) is 8.74. The predicted molar refractivity (Wildman–Crippen MR) is 142 cm³/mol. The number of amides is 1. The van der Waals surface area contributed by atoms with E-state index in [9.17, 15) is 9.59 Å². The molecule has 5 nitrogen and oxygen atoms in total. The van der Waals surface area contributed by atoms with E-state index in [1.54, 1.807) is 22.8 Å². The Hall–Kier alpha value is -3.09. The minimum Gasteiger partial charge on any atom is -0.339 e. The summed E-state index contributed by atoms with van der Waals surface area (Å²) in [5, 5.41) is 1.86. The van der Waals surface area contributed by atoms with Gasteiger partial charge in [0, 0.05) is 36.0 Å². The van der Waals surface area contributed by atoms with Crippen molar-refractivity contribution in [2.45, 2.75) is 36.7 Å². The molecule has 0 unspecified atom stereocenters. The van der Waals surface area contributed by atoms with E-state index >= 15 is 0 Å². The van der Waals surface area contributed by atoms with E-state index in [2.05, 4.69) is 12.1 Å². The highest BCUT2D eigenvalue weighted by atomic mass is 35.5. The van der Waals surface area contributed by atoms with Gasteiger partial charge < -0.3 is 4.90 Å². The van der Waals surface area contributed by atoms with Crippen LogP contribution in [0.1, 0.15) is 34.3 Å². The molecule has 1 aliphatic rings. The van der Waals surface area contributed by atoms with Gasteiger partial charge in [0.1, 0.15) is 0 Å². The molecule has 2 heterocycles. The third-order valence-electron chi connectivity index (χ3n) is 6.28. The SMILES string of the molecule is O=C(c1ccc2c(=O)n(CCc3ccccc3)c(SCc3cccc(Cl)c3)nc2c1)N1CCCC1. The first-order valence-electron chi connectivity index (χ1n) is 11.8. The predicted octanol–water partition coefficient (Wildman–Crippen LogP) is 5.82. The summed E-state index contributed by atoms with van der Waals surface area (Å²) in [5.74, 6) is 0.642. The minimum atomic E-state index is -0.0836. The number of benzene rings is 3. The molecule has 1 fully saturated rings. The molecule has 0 saturated carbocycles. The van der Waals surface area contributed by atoms with Crippen LogP contribution in [0.2, 0.25) is 5.02 Å². The molecule has 1 aromatic heterocycles. The zero-order valence-electron chi connectivity index (χ0n) is 19.3. The van der Waals surface area contributed by atoms with Crippen LogP contribution < -0.4 is 5.56 Å². The zero-order valence-corrected chi connectivity index (χ0v) is 20.9. The van der Waals surface area contributed by atoms with Crippen molar-refractivity contribution in [3.63, 3.8) is 0 Å². The molecule has 4 aromatic rings. The van der Waals surface area contributed by atoms with Crippen LogP contribution in [0.15, 0.2) is 82.7 Å². The summed E-state index contributed by atoms with van der Waals surface area (Å²) in [5.41, 5.74) is 3.28. The zero-order chi connectivity index (χ0) is 24.2. The number of hydrogen-bond acceptors (Lipinski definition) is 4. The van der Waals surface area contributed by atoms with Gasteiger partial charge in [0.15, 0.2) is 5.16 Å². The van der Waals surface area contributed by atoms with Gasteiger partial charge in [0.2, 0.25) is 0 Å². The highest BCUT2D eigenvalue weighted by molar-refractivity contribution is 7.98. The van der Waals surface area contributed by atoms with Crippen molar-refractivity contribution in [3.8, 4) is 0 Å². The van der Waals surface area contributed by atoms with E-state index in [1.165, 1.54) is 11.8 Å². The average molecular weight is 504 g/mol. The third-order valence-corrected chi connectivity index (χ3v) is 7.57. The lowest BCUT2D eigenvalue weighted by Gasteiger charge is -2.16. The lowest BCUT2D eigenvalue weighted by molar-refractivity contribution is 0.0793. The highest BCUT2D eigenvalue weighted by Crippen LogP contribution is 2.25. The van der Waals surface area contributed by atoms with E-state index < -0.39 is 0 Å². The van der Waals surface area contributed by atoms with Gasteiger partial charge in [-0.2, -0.15) is 0 Å². The number of aryl methyl sites for hydroxylation is 1. The average Bonchev–Trinajstić information content (AvgIpc) is 3.42. The van der Waals surface area contributed by atoms with Crippen molar-refractivity contribution in [3.05, 3.63) is 105 Å². The first kappa shape index (κ1) is 23.6. The molecule has 0 bridgehead atoms. The van der Waals surface area contributed by atoms with E-state index in [-0.39, 0.29) is 11.5 Å². The molecule has 178 valence electrons. The van der Waals surface area contributed by atoms with Crippen molar-refractivity contribution in [1.82, 2.24) is 14.5 Å². The number of fused-ring (bicyclic) bond motifs is 1. The van der Waals surface area contributed by atoms with Crippen LogP contribution in [0.4, 0.5) is 0 Å². The lowest BCUT2D eigenvalue weighted by atomic mass is 10.1. The summed E-state index contributed by atoms with van der Waals surface area (Å²) < 4.78 is 1.76. The fourth-order valence-corrected chi connectivity index (χ4v) is 5.59. The van der Waals surface area contributed by atoms with Crippen LogP contribution in [-0.2, 0) is 18.7 Å². The molecular weight excluding hydrogens is 478 g/mol. The lowest BCUT2D eigenvalue weighted by Crippen LogP contribution is -2.28. The van der Waals surface area contributed by atoms with E-state index in [1.807, 2.05) is 47.4 Å². The largest absolute Gasteiger partial charge is 0.339 e. The summed E-state index contributed by atoms with van der Waals surface area (Å²) in [6.45, 7) is 2.09. The fraction of sp³-hybridized carbons (Fsp3) is 0.250. The van der Waals surface area contributed by atoms with Crippen molar-refractivity contribution in [1.29, 1.82) is 0 Å². The monoisotopic (exact) mass is 503 g/mol. The summed E-state index contributed by atoms with van der Waals surface area (Å²) in [4.78, 5) is 33.2. The summed E-state index contributed by atoms with van der Waals surface area (Å²) in [6.07, 6.45) is 2.80. The maximum atomic E-state index is 13.6. The Balaban J connectivity index is 1.50. The van der Waals surface area contributed by atoms with Gasteiger partial charge >= 0.3 is 0 Å². The van der Waals surface area contributed by atoms with Gasteiger partial charge in [-0.1, -0.05) is 65.8 Å². The number of carbonyl (C=O) groups is 1. The molecule has 7 heteroatoms. The summed E-state index contributed by atoms with van der Waals surface area (Å²) in [6, 6.07) is 23.1. The van der Waals surface area contributed by atoms with E-state index in [0.717, 1.165) is 43.5 Å². The fourth-order valence-electron chi connectivity index (χ4n) is 4.40. The van der Waals surface area contributed by atoms with Gasteiger partial charge in [-0.25, -0.2) is 4.98 Å². The number of halogens is 1. The third kappa shape index (κ3) is 5.44. The first-order valence-corrected chi connectivity index (χ1v) is 13.2. The van der Waals surface area contributed by atoms with Crippen molar-refractivity contribution in [2.24, 2.45) is 0 Å². The smallest absolute Gasteiger partial charge is 0.262 e. The molecule has 1 amide bonds. The Bertz CT molecular complexity index is 1420. The molecular formula is C28H26ClN3O2S. The first-order chi connectivity index (χ1) is 17.1. The number of likely N-dealkylation sites (tertiary alicyclic amines) is 1. The van der Waals surface area contributed by atoms with Crippen LogP contribution >= 0.6 is 23.4 Å². The number of aromatic nitrogens is 2. The quantitative estimate of drug-likeness (QED) is 0.235. The second kappa shape index (κ2) is 10.7. The van der Waals surface area contributed by atoms with Crippen molar-refractivity contribution >= 4 is 40.2 Å². The maximum Gasteiger partial charge on any atom is 0.262 e. The molecule has 0 N–H and O–H groups in total. The molecule has 0 atom stereocenters. The normalized spacial score (nSPS) is 13.5. The van der Waals surface area contributed by atoms with Crippen LogP contribution in [0.25, 0.3) is 10.9 Å². The second-order valence-corrected chi connectivity index (χ2v) is 10.1. The highest BCUT2D eigenvalue weighted by Gasteiger charge is 2.21. The van der Waals surface area contributed by atoms with E-state index in [0.29, 0.717) is 38.9 Å². The molecule has 0 aliphatic carbocycles. The van der Waals surface area contributed by atoms with Gasteiger partial charge in [-0.05, 0) is 60.7 Å². The molecule has 5 rings (SSSR count). The number of thioether (sulfide) groups is 1. The maximum absolute atomic E-state index is 13.6. The summed E-state index contributed by atoms with van der Waals surface area (Å²) >= 11 is 7.67. The topological polar surface area (TPSA) is 55.2 Å². The van der Waals surface area contributed by atoms with Gasteiger partial charge in [-0.3, -0.25) is 14.2 Å². The number of hydrogen-bond donors (Lipinski definition) is 0. The Morgan fingerprint density at radius 1 is 0.943 bits per heavy atom. The Kier molecular flexibility index (Phi) is 7.21. The van der Waals surface area contributed by atoms with Gasteiger partial charge in [-0.15, -0.1) is 0 Å². The van der Waals surface area contributed by atoms with Gasteiger partial charge in [0.05, 0.1) is 10.9 Å². The number of nitrogens with zero attached hydrogens (tertiary/aromatic N) is 3. The van der Waals surface area contributed by atoms with Crippen LogP contribution in [0.5, 0.6) is 0 Å². The van der Waals surface area contributed by atoms with Crippen LogP contribution in [-0.4, -0.2) is 33.4 Å². The standard InChI is InChI=1S/C28H26ClN3O2S/c29-23-10-6-9-21(17-23)19-35-28-30-25-18-22(26(33)31-14-4-5-15-31)11-12-24(25)27(34)32(28)16-13-20-7-2-1-3-8-20/h1-3,6-12,17-18H,4-5,13-16,19H2. The molecule has 0 radical (unpaired) electrons.